The largest absolute Gasteiger partial charge is 0.310 e. The molecule has 0 aromatic rings. The predicted octanol–water partition coefficient (Wildman–Crippen LogP) is 3.59. The van der Waals surface area contributed by atoms with Gasteiger partial charge in [-0.2, -0.15) is 0 Å². The lowest BCUT2D eigenvalue weighted by atomic mass is 10.1. The number of allylic oxidation sites excluding steroid dienone is 1. The number of nitrogens with zero attached hydrogens (tertiary/aromatic N) is 2. The Balaban J connectivity index is 2.49. The number of hydrogen-bond acceptors (Lipinski definition) is 2. The van der Waals surface area contributed by atoms with E-state index in [9.17, 15) is 19.4 Å². The summed E-state index contributed by atoms with van der Waals surface area (Å²) in [5, 5.41) is 0. The van der Waals surface area contributed by atoms with E-state index in [4.69, 9.17) is 0 Å². The first-order valence-electron chi connectivity index (χ1n) is 3.80. The van der Waals surface area contributed by atoms with Crippen LogP contribution in [-0.2, 0) is 0 Å². The molecule has 0 spiro atoms. The Morgan fingerprint density at radius 1 is 1.13 bits per heavy atom. The van der Waals surface area contributed by atoms with E-state index in [1.54, 1.807) is 0 Å². The molecule has 0 N–H and O–H groups in total. The van der Waals surface area contributed by atoms with E-state index in [-0.39, 0.29) is 5.71 Å². The normalized spacial score (nSPS) is 29.0. The first-order valence-corrected chi connectivity index (χ1v) is 5.75. The van der Waals surface area contributed by atoms with Gasteiger partial charge in [0.1, 0.15) is 17.3 Å². The van der Waals surface area contributed by atoms with Crippen molar-refractivity contribution in [1.29, 1.82) is 0 Å². The molecule has 1 atom stereocenters. The third-order valence-electron chi connectivity index (χ3n) is 1.92. The van der Waals surface area contributed by atoms with Crippen LogP contribution in [0.15, 0.2) is 33.1 Å². The van der Waals surface area contributed by atoms with Crippen molar-refractivity contribution in [3.8, 4) is 0 Å². The van der Waals surface area contributed by atoms with Crippen LogP contribution in [0.5, 0.6) is 0 Å². The molecule has 1 aliphatic heterocycles. The Bertz CT molecular complexity index is 441. The molecule has 0 aromatic heterocycles. The third-order valence-corrected chi connectivity index (χ3v) is 3.06. The third kappa shape index (κ3) is 1.94. The Labute approximate surface area is 81.6 Å². The van der Waals surface area contributed by atoms with Crippen molar-refractivity contribution in [3.63, 3.8) is 0 Å². The van der Waals surface area contributed by atoms with Gasteiger partial charge in [0, 0.05) is 0 Å². The van der Waals surface area contributed by atoms with Gasteiger partial charge in [-0.3, -0.25) is 4.99 Å². The summed E-state index contributed by atoms with van der Waals surface area (Å²) in [7, 11) is -9.58. The van der Waals surface area contributed by atoms with Gasteiger partial charge in [-0.1, -0.05) is 25.5 Å². The van der Waals surface area contributed by atoms with Gasteiger partial charge in [-0.15, -0.1) is 0 Å². The smallest absolute Gasteiger partial charge is 0.260 e. The van der Waals surface area contributed by atoms with Crippen LogP contribution >= 0.6 is 10.2 Å². The Kier molecular flexibility index (Phi) is 1.49. The minimum absolute atomic E-state index is 0.110. The predicted molar refractivity (Wildman–Crippen MR) is 50.1 cm³/mol. The summed E-state index contributed by atoms with van der Waals surface area (Å²) in [4.78, 5) is 5.21. The average Bonchev–Trinajstić information content (AvgIpc) is 2.45. The van der Waals surface area contributed by atoms with Gasteiger partial charge in [-0.25, -0.2) is 4.99 Å². The van der Waals surface area contributed by atoms with Crippen LogP contribution in [0.2, 0.25) is 0 Å². The fraction of sp³-hybridized carbons (Fsp3) is 0.143. The standard InChI is InChI=1S/C7H5F5N2S/c8-15(9,10,11,12)5-1-2-6-7(3-5)14-4-13-6/h1-4,6H/t6-/m1/s1. The van der Waals surface area contributed by atoms with Crippen LogP contribution in [-0.4, -0.2) is 18.1 Å². The van der Waals surface area contributed by atoms with E-state index in [1.165, 1.54) is 0 Å². The molecule has 0 unspecified atom stereocenters. The van der Waals surface area contributed by atoms with Crippen LogP contribution in [0, 0.1) is 0 Å². The molecule has 15 heavy (non-hydrogen) atoms. The average molecular weight is 244 g/mol. The Morgan fingerprint density at radius 2 is 1.80 bits per heavy atom. The van der Waals surface area contributed by atoms with Crippen molar-refractivity contribution in [3.05, 3.63) is 23.1 Å². The van der Waals surface area contributed by atoms with Crippen molar-refractivity contribution in [2.24, 2.45) is 9.98 Å². The number of fused-ring (bicyclic) bond motifs is 1. The maximum Gasteiger partial charge on any atom is 0.310 e. The topological polar surface area (TPSA) is 24.7 Å². The molecule has 8 heteroatoms. The van der Waals surface area contributed by atoms with Crippen molar-refractivity contribution in [1.82, 2.24) is 0 Å². The second-order valence-corrected chi connectivity index (χ2v) is 5.55. The van der Waals surface area contributed by atoms with Crippen molar-refractivity contribution >= 4 is 22.3 Å². The summed E-state index contributed by atoms with van der Waals surface area (Å²) < 4.78 is 61.7. The summed E-state index contributed by atoms with van der Waals surface area (Å²) in [5.41, 5.74) is -0.110. The van der Waals surface area contributed by atoms with Crippen LogP contribution in [0.4, 0.5) is 19.4 Å². The highest BCUT2D eigenvalue weighted by atomic mass is 32.5. The van der Waals surface area contributed by atoms with E-state index >= 15 is 0 Å². The zero-order valence-electron chi connectivity index (χ0n) is 7.08. The molecule has 0 bridgehead atoms. The number of halogens is 5. The Morgan fingerprint density at radius 3 is 2.40 bits per heavy atom. The van der Waals surface area contributed by atoms with Crippen molar-refractivity contribution < 1.29 is 19.4 Å². The first-order chi connectivity index (χ1) is 6.56. The summed E-state index contributed by atoms with van der Waals surface area (Å²) in [5.74, 6) is 0. The van der Waals surface area contributed by atoms with E-state index in [2.05, 4.69) is 9.98 Å². The molecule has 84 valence electrons. The molecule has 0 amide bonds. The molecule has 2 rings (SSSR count). The SMILES string of the molecule is FS(F)(F)(F)(F)C1=CC2=NC=N[C@@H]2C=C1. The highest BCUT2D eigenvalue weighted by Gasteiger charge is 2.66. The summed E-state index contributed by atoms with van der Waals surface area (Å²) in [6, 6.07) is -0.659. The van der Waals surface area contributed by atoms with Crippen molar-refractivity contribution in [2.45, 2.75) is 6.04 Å². The van der Waals surface area contributed by atoms with Crippen LogP contribution in [0.1, 0.15) is 0 Å². The van der Waals surface area contributed by atoms with Gasteiger partial charge in [-0.05, 0) is 12.2 Å². The van der Waals surface area contributed by atoms with Gasteiger partial charge in [0.05, 0.1) is 5.71 Å². The monoisotopic (exact) mass is 244 g/mol. The molecule has 0 fully saturated rings. The lowest BCUT2D eigenvalue weighted by Crippen LogP contribution is -2.18. The summed E-state index contributed by atoms with van der Waals surface area (Å²) >= 11 is 0. The fourth-order valence-corrected chi connectivity index (χ4v) is 1.89. The minimum atomic E-state index is -9.58. The quantitative estimate of drug-likeness (QED) is 0.630. The molecular weight excluding hydrogens is 239 g/mol. The van der Waals surface area contributed by atoms with Gasteiger partial charge >= 0.3 is 10.2 Å². The second-order valence-electron chi connectivity index (χ2n) is 3.14. The molecule has 0 radical (unpaired) electrons. The maximum absolute atomic E-state index is 12.3. The van der Waals surface area contributed by atoms with Crippen LogP contribution in [0.25, 0.3) is 0 Å². The molecule has 0 saturated carbocycles. The van der Waals surface area contributed by atoms with Crippen molar-refractivity contribution in [2.75, 3.05) is 0 Å². The zero-order valence-corrected chi connectivity index (χ0v) is 7.90. The summed E-state index contributed by atoms with van der Waals surface area (Å²) in [6.45, 7) is 0. The molecule has 1 heterocycles. The van der Waals surface area contributed by atoms with Gasteiger partial charge in [0.2, 0.25) is 0 Å². The molecular formula is C7H5F5N2S. The van der Waals surface area contributed by atoms with E-state index in [0.29, 0.717) is 12.2 Å². The fourth-order valence-electron chi connectivity index (χ4n) is 1.22. The maximum atomic E-state index is 12.3. The number of aliphatic imine (C=N–C) groups is 2. The molecule has 0 aromatic carbocycles. The highest BCUT2D eigenvalue weighted by Crippen LogP contribution is 3.02. The van der Waals surface area contributed by atoms with E-state index in [0.717, 1.165) is 12.4 Å². The van der Waals surface area contributed by atoms with Crippen LogP contribution < -0.4 is 0 Å². The lowest BCUT2D eigenvalue weighted by molar-refractivity contribution is 0.380. The number of hydrogen-bond donors (Lipinski definition) is 0. The van der Waals surface area contributed by atoms with Gasteiger partial charge < -0.3 is 0 Å². The van der Waals surface area contributed by atoms with E-state index in [1.807, 2.05) is 0 Å². The van der Waals surface area contributed by atoms with Crippen LogP contribution in [0.3, 0.4) is 0 Å². The van der Waals surface area contributed by atoms with Gasteiger partial charge in [0.15, 0.2) is 0 Å². The first kappa shape index (κ1) is 10.3. The summed E-state index contributed by atoms with van der Waals surface area (Å²) in [6.07, 6.45) is 2.71. The van der Waals surface area contributed by atoms with E-state index < -0.39 is 21.2 Å². The second kappa shape index (κ2) is 2.16. The molecule has 0 saturated heterocycles. The number of rotatable bonds is 1. The van der Waals surface area contributed by atoms with Gasteiger partial charge in [0.25, 0.3) is 0 Å². The molecule has 2 aliphatic rings. The molecule has 2 nitrogen and oxygen atoms in total. The highest BCUT2D eigenvalue weighted by molar-refractivity contribution is 8.48. The lowest BCUT2D eigenvalue weighted by Gasteiger charge is -2.42. The molecule has 1 aliphatic carbocycles. The zero-order chi connectivity index (χ0) is 11.4. The minimum Gasteiger partial charge on any atom is -0.260 e. The Hall–Kier alpha value is -1.18.